The number of para-hydroxylation sites is 1. The van der Waals surface area contributed by atoms with E-state index in [0.29, 0.717) is 22.7 Å². The Bertz CT molecular complexity index is 798. The maximum absolute atomic E-state index is 5.88. The molecule has 3 aromatic rings. The first-order valence-electron chi connectivity index (χ1n) is 7.55. The van der Waals surface area contributed by atoms with Crippen molar-refractivity contribution in [3.8, 4) is 17.2 Å². The van der Waals surface area contributed by atoms with Crippen LogP contribution in [0.4, 0.5) is 0 Å². The third-order valence-electron chi connectivity index (χ3n) is 3.46. The number of hydrogen-bond donors (Lipinski definition) is 0. The van der Waals surface area contributed by atoms with Gasteiger partial charge in [-0.15, -0.1) is 10.2 Å². The first kappa shape index (κ1) is 16.9. The number of hydrogen-bond acceptors (Lipinski definition) is 5. The fraction of sp³-hybridized carbons (Fsp3) is 0.222. The molecule has 0 radical (unpaired) electrons. The Labute approximate surface area is 150 Å². The lowest BCUT2D eigenvalue weighted by atomic mass is 10.1. The van der Waals surface area contributed by atoms with Gasteiger partial charge in [-0.25, -0.2) is 0 Å². The zero-order valence-electron chi connectivity index (χ0n) is 13.5. The molecule has 6 heteroatoms. The van der Waals surface area contributed by atoms with E-state index in [9.17, 15) is 0 Å². The van der Waals surface area contributed by atoms with Crippen LogP contribution in [0.15, 0.2) is 52.1 Å². The minimum atomic E-state index is 0.491. The Morgan fingerprint density at radius 1 is 1.04 bits per heavy atom. The highest BCUT2D eigenvalue weighted by molar-refractivity contribution is 7.99. The van der Waals surface area contributed by atoms with Crippen LogP contribution < -0.4 is 4.74 Å². The van der Waals surface area contributed by atoms with E-state index in [-0.39, 0.29) is 0 Å². The van der Waals surface area contributed by atoms with E-state index in [1.54, 1.807) is 12.1 Å². The van der Waals surface area contributed by atoms with E-state index in [0.717, 1.165) is 28.2 Å². The van der Waals surface area contributed by atoms with Crippen molar-refractivity contribution < 1.29 is 9.15 Å². The van der Waals surface area contributed by atoms with Gasteiger partial charge in [-0.05, 0) is 49.2 Å². The van der Waals surface area contributed by atoms with Gasteiger partial charge in [0.1, 0.15) is 5.75 Å². The summed E-state index contributed by atoms with van der Waals surface area (Å²) in [6, 6.07) is 13.4. The first-order chi connectivity index (χ1) is 11.6. The molecule has 4 nitrogen and oxygen atoms in total. The Kier molecular flexibility index (Phi) is 5.43. The number of halogens is 1. The number of aryl methyl sites for hydroxylation is 2. The monoisotopic (exact) mass is 360 g/mol. The average molecular weight is 361 g/mol. The van der Waals surface area contributed by atoms with Gasteiger partial charge in [-0.2, -0.15) is 0 Å². The topological polar surface area (TPSA) is 48.2 Å². The molecule has 0 aliphatic heterocycles. The SMILES string of the molecule is Cc1cccc(C)c1OCCSc1nnc(-c2ccc(Cl)cc2)o1. The van der Waals surface area contributed by atoms with Gasteiger partial charge in [0.05, 0.1) is 6.61 Å². The van der Waals surface area contributed by atoms with E-state index in [1.165, 1.54) is 11.8 Å². The standard InChI is InChI=1S/C18H17ClN2O2S/c1-12-4-3-5-13(2)16(12)22-10-11-24-18-21-20-17(23-18)14-6-8-15(19)9-7-14/h3-9H,10-11H2,1-2H3. The molecule has 0 fully saturated rings. The molecule has 0 aliphatic carbocycles. The third kappa shape index (κ3) is 4.10. The predicted molar refractivity (Wildman–Crippen MR) is 96.9 cm³/mol. The molecule has 1 aromatic heterocycles. The number of ether oxygens (including phenoxy) is 1. The van der Waals surface area contributed by atoms with Crippen LogP contribution in [0.5, 0.6) is 5.75 Å². The van der Waals surface area contributed by atoms with Crippen LogP contribution in [-0.4, -0.2) is 22.6 Å². The molecule has 0 saturated heterocycles. The smallest absolute Gasteiger partial charge is 0.276 e. The van der Waals surface area contributed by atoms with Crippen molar-refractivity contribution in [3.05, 3.63) is 58.6 Å². The molecule has 1 heterocycles. The maximum Gasteiger partial charge on any atom is 0.276 e. The number of benzene rings is 2. The van der Waals surface area contributed by atoms with Crippen LogP contribution in [-0.2, 0) is 0 Å². The minimum Gasteiger partial charge on any atom is -0.492 e. The molecular formula is C18H17ClN2O2S. The number of thioether (sulfide) groups is 1. The van der Waals surface area contributed by atoms with Gasteiger partial charge < -0.3 is 9.15 Å². The van der Waals surface area contributed by atoms with Crippen LogP contribution in [0, 0.1) is 13.8 Å². The largest absolute Gasteiger partial charge is 0.492 e. The zero-order chi connectivity index (χ0) is 16.9. The molecule has 0 atom stereocenters. The molecule has 0 N–H and O–H groups in total. The summed E-state index contributed by atoms with van der Waals surface area (Å²) in [6.45, 7) is 4.67. The van der Waals surface area contributed by atoms with Crippen molar-refractivity contribution >= 4 is 23.4 Å². The molecule has 0 spiro atoms. The van der Waals surface area contributed by atoms with Crippen molar-refractivity contribution in [1.82, 2.24) is 10.2 Å². The minimum absolute atomic E-state index is 0.491. The van der Waals surface area contributed by atoms with Gasteiger partial charge in [0.25, 0.3) is 5.22 Å². The lowest BCUT2D eigenvalue weighted by Gasteiger charge is -2.10. The molecule has 24 heavy (non-hydrogen) atoms. The molecule has 124 valence electrons. The van der Waals surface area contributed by atoms with Gasteiger partial charge in [0, 0.05) is 16.3 Å². The maximum atomic E-state index is 5.88. The summed E-state index contributed by atoms with van der Waals surface area (Å²) < 4.78 is 11.5. The second-order valence-electron chi connectivity index (χ2n) is 5.30. The highest BCUT2D eigenvalue weighted by Gasteiger charge is 2.09. The normalized spacial score (nSPS) is 10.8. The van der Waals surface area contributed by atoms with Gasteiger partial charge >= 0.3 is 0 Å². The van der Waals surface area contributed by atoms with E-state index >= 15 is 0 Å². The Balaban J connectivity index is 1.53. The van der Waals surface area contributed by atoms with Gasteiger partial charge in [0.2, 0.25) is 5.89 Å². The molecule has 2 aromatic carbocycles. The van der Waals surface area contributed by atoms with Crippen LogP contribution in [0.1, 0.15) is 11.1 Å². The lowest BCUT2D eigenvalue weighted by molar-refractivity contribution is 0.338. The van der Waals surface area contributed by atoms with Crippen molar-refractivity contribution in [1.29, 1.82) is 0 Å². The fourth-order valence-corrected chi connectivity index (χ4v) is 2.98. The second kappa shape index (κ2) is 7.73. The summed E-state index contributed by atoms with van der Waals surface area (Å²) in [5.41, 5.74) is 3.14. The Hall–Kier alpha value is -1.98. The van der Waals surface area contributed by atoms with Crippen LogP contribution in [0.3, 0.4) is 0 Å². The van der Waals surface area contributed by atoms with E-state index in [4.69, 9.17) is 20.8 Å². The molecule has 0 unspecified atom stereocenters. The molecule has 3 rings (SSSR count). The van der Waals surface area contributed by atoms with Gasteiger partial charge in [0.15, 0.2) is 0 Å². The van der Waals surface area contributed by atoms with E-state index < -0.39 is 0 Å². The van der Waals surface area contributed by atoms with Crippen LogP contribution >= 0.6 is 23.4 Å². The Morgan fingerprint density at radius 3 is 2.46 bits per heavy atom. The van der Waals surface area contributed by atoms with Crippen molar-refractivity contribution in [2.45, 2.75) is 19.1 Å². The number of aromatic nitrogens is 2. The van der Waals surface area contributed by atoms with Crippen molar-refractivity contribution in [2.24, 2.45) is 0 Å². The van der Waals surface area contributed by atoms with Gasteiger partial charge in [-0.1, -0.05) is 41.6 Å². The highest BCUT2D eigenvalue weighted by atomic mass is 35.5. The summed E-state index contributed by atoms with van der Waals surface area (Å²) in [5, 5.41) is 9.32. The van der Waals surface area contributed by atoms with E-state index in [2.05, 4.69) is 10.2 Å². The summed E-state index contributed by atoms with van der Waals surface area (Å²) in [4.78, 5) is 0. The molecule has 0 aliphatic rings. The number of nitrogens with zero attached hydrogens (tertiary/aromatic N) is 2. The average Bonchev–Trinajstić information content (AvgIpc) is 3.03. The van der Waals surface area contributed by atoms with Crippen molar-refractivity contribution in [3.63, 3.8) is 0 Å². The quantitative estimate of drug-likeness (QED) is 0.448. The molecule has 0 bridgehead atoms. The number of rotatable bonds is 6. The molecular weight excluding hydrogens is 344 g/mol. The summed E-state index contributed by atoms with van der Waals surface area (Å²) in [7, 11) is 0. The molecule has 0 amide bonds. The summed E-state index contributed by atoms with van der Waals surface area (Å²) in [6.07, 6.45) is 0. The second-order valence-corrected chi connectivity index (χ2v) is 6.78. The first-order valence-corrected chi connectivity index (χ1v) is 8.91. The molecule has 0 saturated carbocycles. The summed E-state index contributed by atoms with van der Waals surface area (Å²) in [5.74, 6) is 2.17. The van der Waals surface area contributed by atoms with E-state index in [1.807, 2.05) is 44.2 Å². The van der Waals surface area contributed by atoms with Crippen LogP contribution in [0.2, 0.25) is 5.02 Å². The third-order valence-corrected chi connectivity index (χ3v) is 4.50. The summed E-state index contributed by atoms with van der Waals surface area (Å²) >= 11 is 7.36. The predicted octanol–water partition coefficient (Wildman–Crippen LogP) is 5.18. The van der Waals surface area contributed by atoms with Gasteiger partial charge in [-0.3, -0.25) is 0 Å². The van der Waals surface area contributed by atoms with Crippen molar-refractivity contribution in [2.75, 3.05) is 12.4 Å². The zero-order valence-corrected chi connectivity index (χ0v) is 15.0. The highest BCUT2D eigenvalue weighted by Crippen LogP contribution is 2.25. The lowest BCUT2D eigenvalue weighted by Crippen LogP contribution is -2.02. The fourth-order valence-electron chi connectivity index (χ4n) is 2.28. The van der Waals surface area contributed by atoms with Crippen LogP contribution in [0.25, 0.3) is 11.5 Å². The Morgan fingerprint density at radius 2 is 1.75 bits per heavy atom.